The second-order valence-electron chi connectivity index (χ2n) is 23.6. The molecule has 0 N–H and O–H groups in total. The first-order valence-corrected chi connectivity index (χ1v) is 23.4. The molecule has 64 heavy (non-hydrogen) atoms. The summed E-state index contributed by atoms with van der Waals surface area (Å²) in [5.74, 6) is -0.276. The molecular weight excluding hydrogens is 782 g/mol. The quantitative estimate of drug-likeness (QED) is 0.165. The summed E-state index contributed by atoms with van der Waals surface area (Å²) in [4.78, 5) is 4.65. The average Bonchev–Trinajstić information content (AvgIpc) is 3.59. The van der Waals surface area contributed by atoms with Gasteiger partial charge in [0, 0.05) is 33.7 Å². The maximum Gasteiger partial charge on any atom is 0.297 e. The fourth-order valence-electron chi connectivity index (χ4n) is 10.9. The maximum absolute atomic E-state index is 17.1. The van der Waals surface area contributed by atoms with Crippen molar-refractivity contribution in [3.63, 3.8) is 0 Å². The zero-order chi connectivity index (χ0) is 45.6. The molecule has 326 valence electrons. The van der Waals surface area contributed by atoms with Gasteiger partial charge in [0.2, 0.25) is 0 Å². The maximum atomic E-state index is 17.1. The van der Waals surface area contributed by atoms with Crippen molar-refractivity contribution in [1.29, 1.82) is 0 Å². The van der Waals surface area contributed by atoms with E-state index in [2.05, 4.69) is 204 Å². The van der Waals surface area contributed by atoms with Gasteiger partial charge in [0.25, 0.3) is 6.71 Å². The van der Waals surface area contributed by atoms with Crippen LogP contribution >= 0.6 is 0 Å². The SMILES string of the molecule is Cc1ccc2oc3c(c2c1)N(c1ccc(C(C)(C)C)cc1)c1cc(F)cc2c1B3c1cc(C(C)(C)C)ccc1N2c1ccc(C(C)(C)C)cc1-c1ccc2c(c1)C(C)(C)CCC2(C)C. The van der Waals surface area contributed by atoms with Crippen molar-refractivity contribution in [2.75, 3.05) is 9.80 Å². The van der Waals surface area contributed by atoms with Crippen LogP contribution in [0, 0.1) is 12.7 Å². The summed E-state index contributed by atoms with van der Waals surface area (Å²) in [6.07, 6.45) is 2.30. The van der Waals surface area contributed by atoms with Crippen molar-refractivity contribution in [2.24, 2.45) is 0 Å². The van der Waals surface area contributed by atoms with Crippen molar-refractivity contribution < 1.29 is 8.81 Å². The van der Waals surface area contributed by atoms with E-state index in [9.17, 15) is 0 Å². The molecule has 0 saturated carbocycles. The van der Waals surface area contributed by atoms with E-state index in [1.54, 1.807) is 12.1 Å². The topological polar surface area (TPSA) is 19.6 Å². The molecule has 0 radical (unpaired) electrons. The molecule has 0 spiro atoms. The van der Waals surface area contributed by atoms with Gasteiger partial charge in [-0.3, -0.25) is 0 Å². The Morgan fingerprint density at radius 1 is 0.562 bits per heavy atom. The van der Waals surface area contributed by atoms with E-state index in [0.29, 0.717) is 0 Å². The van der Waals surface area contributed by atoms with Gasteiger partial charge in [-0.15, -0.1) is 0 Å². The van der Waals surface area contributed by atoms with Gasteiger partial charge >= 0.3 is 0 Å². The number of aryl methyl sites for hydroxylation is 1. The van der Waals surface area contributed by atoms with E-state index in [0.717, 1.165) is 85.6 Å². The number of hydrogen-bond donors (Lipinski definition) is 0. The summed E-state index contributed by atoms with van der Waals surface area (Å²) in [7, 11) is 0. The molecule has 6 aromatic carbocycles. The lowest BCUT2D eigenvalue weighted by Crippen LogP contribution is -2.61. The van der Waals surface area contributed by atoms with Crippen LogP contribution in [0.1, 0.15) is 136 Å². The van der Waals surface area contributed by atoms with Gasteiger partial charge in [-0.1, -0.05) is 150 Å². The first-order chi connectivity index (χ1) is 29.9. The first-order valence-electron chi connectivity index (χ1n) is 23.4. The van der Waals surface area contributed by atoms with Crippen LogP contribution in [0.25, 0.3) is 22.1 Å². The third-order valence-electron chi connectivity index (χ3n) is 14.9. The highest BCUT2D eigenvalue weighted by Gasteiger charge is 2.48. The smallest absolute Gasteiger partial charge is 0.297 e. The van der Waals surface area contributed by atoms with Crippen LogP contribution in [-0.4, -0.2) is 6.71 Å². The first kappa shape index (κ1) is 42.4. The van der Waals surface area contributed by atoms with Gasteiger partial charge in [-0.25, -0.2) is 4.39 Å². The minimum Gasteiger partial charge on any atom is -0.468 e. The van der Waals surface area contributed by atoms with E-state index in [4.69, 9.17) is 4.42 Å². The summed E-state index contributed by atoms with van der Waals surface area (Å²) in [5.41, 5.74) is 19.6. The van der Waals surface area contributed by atoms with Gasteiger partial charge in [-0.05, 0) is 146 Å². The number of nitrogens with zero attached hydrogens (tertiary/aromatic N) is 2. The molecule has 0 bridgehead atoms. The zero-order valence-electron chi connectivity index (χ0n) is 40.6. The summed E-state index contributed by atoms with van der Waals surface area (Å²) < 4.78 is 24.2. The monoisotopic (exact) mass is 847 g/mol. The number of furan rings is 1. The lowest BCUT2D eigenvalue weighted by Gasteiger charge is -2.43. The van der Waals surface area contributed by atoms with Crippen LogP contribution in [0.5, 0.6) is 0 Å². The fourth-order valence-corrected chi connectivity index (χ4v) is 10.9. The number of fused-ring (bicyclic) bond motifs is 7. The molecule has 0 fully saturated rings. The van der Waals surface area contributed by atoms with Crippen molar-refractivity contribution in [1.82, 2.24) is 0 Å². The summed E-state index contributed by atoms with van der Waals surface area (Å²) >= 11 is 0. The summed E-state index contributed by atoms with van der Waals surface area (Å²) in [5, 5.41) is 1.03. The van der Waals surface area contributed by atoms with Gasteiger partial charge < -0.3 is 14.2 Å². The zero-order valence-corrected chi connectivity index (χ0v) is 40.6. The second kappa shape index (κ2) is 14.0. The molecule has 0 amide bonds. The largest absolute Gasteiger partial charge is 0.468 e. The van der Waals surface area contributed by atoms with Gasteiger partial charge in [-0.2, -0.15) is 0 Å². The highest BCUT2D eigenvalue weighted by atomic mass is 19.1. The molecule has 1 aromatic heterocycles. The summed E-state index contributed by atoms with van der Waals surface area (Å²) in [6.45, 7) is 31.9. The highest BCUT2D eigenvalue weighted by molar-refractivity contribution is 7.00. The minimum atomic E-state index is -0.281. The third-order valence-corrected chi connectivity index (χ3v) is 14.9. The minimum absolute atomic E-state index is 0.0205. The lowest BCUT2D eigenvalue weighted by molar-refractivity contribution is 0.332. The Kier molecular flexibility index (Phi) is 9.26. The molecule has 0 saturated heterocycles. The Morgan fingerprint density at radius 2 is 1.14 bits per heavy atom. The molecular formula is C59H64BFN2O. The molecule has 3 aliphatic rings. The van der Waals surface area contributed by atoms with E-state index in [-0.39, 0.29) is 39.6 Å². The van der Waals surface area contributed by atoms with Crippen LogP contribution in [0.4, 0.5) is 38.5 Å². The molecule has 3 nitrogen and oxygen atoms in total. The van der Waals surface area contributed by atoms with Crippen molar-refractivity contribution in [3.05, 3.63) is 148 Å². The number of anilines is 6. The Hall–Kier alpha value is -5.55. The van der Waals surface area contributed by atoms with E-state index < -0.39 is 0 Å². The third kappa shape index (κ3) is 6.66. The standard InChI is InChI=1S/C59H64BFN2O/c1-35-15-26-51-43(29-35)53-54(64-51)60-46-32-39(57(8,9)10)20-25-48(46)63(50-34-40(61)33-49(52(50)60)62(53)41-21-17-37(18-22-41)55(2,3)4)47-24-19-38(56(5,6)7)31-42(47)36-16-23-44-45(30-36)59(13,14)28-27-58(44,11)12/h15-26,29-34H,27-28H2,1-14H3. The summed E-state index contributed by atoms with van der Waals surface area (Å²) in [6, 6.07) is 40.0. The molecule has 1 aliphatic carbocycles. The number of hydrogen-bond acceptors (Lipinski definition) is 3. The van der Waals surface area contributed by atoms with E-state index in [1.807, 2.05) is 0 Å². The highest BCUT2D eigenvalue weighted by Crippen LogP contribution is 2.52. The Balaban J connectivity index is 1.30. The van der Waals surface area contributed by atoms with Gasteiger partial charge in [0.15, 0.2) is 0 Å². The Labute approximate surface area is 381 Å². The number of halogens is 1. The molecule has 0 atom stereocenters. The van der Waals surface area contributed by atoms with Crippen LogP contribution < -0.4 is 26.4 Å². The van der Waals surface area contributed by atoms with Crippen molar-refractivity contribution in [3.8, 4) is 11.1 Å². The van der Waals surface area contributed by atoms with Crippen LogP contribution in [0.2, 0.25) is 0 Å². The van der Waals surface area contributed by atoms with E-state index in [1.165, 1.54) is 33.4 Å². The molecule has 2 aliphatic heterocycles. The fraction of sp³-hybridized carbons (Fsp3) is 0.356. The molecule has 7 aromatic rings. The van der Waals surface area contributed by atoms with Crippen LogP contribution in [-0.2, 0) is 27.1 Å². The predicted molar refractivity (Wildman–Crippen MR) is 272 cm³/mol. The van der Waals surface area contributed by atoms with Crippen LogP contribution in [0.3, 0.4) is 0 Å². The van der Waals surface area contributed by atoms with Crippen molar-refractivity contribution >= 4 is 68.4 Å². The number of rotatable bonds is 3. The molecule has 0 unspecified atom stereocenters. The van der Waals surface area contributed by atoms with Gasteiger partial charge in [0.05, 0.1) is 17.0 Å². The van der Waals surface area contributed by atoms with Gasteiger partial charge in [0.1, 0.15) is 11.4 Å². The second-order valence-corrected chi connectivity index (χ2v) is 23.6. The predicted octanol–water partition coefficient (Wildman–Crippen LogP) is 14.9. The molecule has 10 rings (SSSR count). The lowest BCUT2D eigenvalue weighted by atomic mass is 9.35. The normalized spacial score (nSPS) is 16.4. The average molecular weight is 847 g/mol. The van der Waals surface area contributed by atoms with Crippen molar-refractivity contribution in [2.45, 2.75) is 137 Å². The molecule has 5 heteroatoms. The Morgan fingerprint density at radius 3 is 1.78 bits per heavy atom. The van der Waals surface area contributed by atoms with E-state index >= 15 is 4.39 Å². The number of benzene rings is 6. The van der Waals surface area contributed by atoms with Crippen LogP contribution in [0.15, 0.2) is 114 Å². The Bertz CT molecular complexity index is 3040. The molecule has 3 heterocycles.